The first kappa shape index (κ1) is 11.9. The molecule has 0 aromatic heterocycles. The Morgan fingerprint density at radius 3 is 2.12 bits per heavy atom. The lowest BCUT2D eigenvalue weighted by Crippen LogP contribution is -1.91. The maximum Gasteiger partial charge on any atom is -0.0123 e. The molecule has 0 heterocycles. The maximum absolute atomic E-state index is 2.25. The van der Waals surface area contributed by atoms with Crippen LogP contribution in [0.3, 0.4) is 0 Å². The fraction of sp³-hybridized carbons (Fsp3) is 0.294. The van der Waals surface area contributed by atoms with Gasteiger partial charge in [0.15, 0.2) is 0 Å². The van der Waals surface area contributed by atoms with Crippen molar-refractivity contribution < 1.29 is 0 Å². The SMILES string of the molecule is CCc1ccc(-c2c(C)cccc2CC)cc1. The Hall–Kier alpha value is -1.56. The lowest BCUT2D eigenvalue weighted by atomic mass is 9.93. The number of hydrogen-bond donors (Lipinski definition) is 0. The minimum absolute atomic E-state index is 1.09. The maximum atomic E-state index is 2.25. The summed E-state index contributed by atoms with van der Waals surface area (Å²) in [7, 11) is 0. The first-order valence-corrected chi connectivity index (χ1v) is 6.44. The van der Waals surface area contributed by atoms with E-state index >= 15 is 0 Å². The summed E-state index contributed by atoms with van der Waals surface area (Å²) in [6, 6.07) is 15.6. The number of aryl methyl sites for hydroxylation is 3. The van der Waals surface area contributed by atoms with E-state index in [0.717, 1.165) is 12.8 Å². The van der Waals surface area contributed by atoms with Crippen LogP contribution in [0.5, 0.6) is 0 Å². The molecular weight excluding hydrogens is 204 g/mol. The molecule has 2 rings (SSSR count). The molecule has 0 aliphatic carbocycles. The van der Waals surface area contributed by atoms with Crippen molar-refractivity contribution in [1.29, 1.82) is 0 Å². The zero-order chi connectivity index (χ0) is 12.3. The van der Waals surface area contributed by atoms with Crippen molar-refractivity contribution in [3.8, 4) is 11.1 Å². The Bertz CT molecular complexity index is 492. The van der Waals surface area contributed by atoms with Gasteiger partial charge in [0.05, 0.1) is 0 Å². The van der Waals surface area contributed by atoms with Crippen molar-refractivity contribution in [1.82, 2.24) is 0 Å². The van der Waals surface area contributed by atoms with E-state index in [0.29, 0.717) is 0 Å². The van der Waals surface area contributed by atoms with E-state index in [1.807, 2.05) is 0 Å². The second-order valence-corrected chi connectivity index (χ2v) is 4.51. The van der Waals surface area contributed by atoms with Crippen molar-refractivity contribution >= 4 is 0 Å². The van der Waals surface area contributed by atoms with Gasteiger partial charge >= 0.3 is 0 Å². The summed E-state index contributed by atoms with van der Waals surface area (Å²) in [6.45, 7) is 6.61. The fourth-order valence-corrected chi connectivity index (χ4v) is 2.34. The Balaban J connectivity index is 2.51. The third-order valence-electron chi connectivity index (χ3n) is 3.39. The van der Waals surface area contributed by atoms with Gasteiger partial charge in [-0.05, 0) is 47.6 Å². The molecule has 0 heteroatoms. The van der Waals surface area contributed by atoms with E-state index in [-0.39, 0.29) is 0 Å². The van der Waals surface area contributed by atoms with Crippen LogP contribution in [-0.2, 0) is 12.8 Å². The highest BCUT2D eigenvalue weighted by Crippen LogP contribution is 2.28. The van der Waals surface area contributed by atoms with E-state index in [1.165, 1.54) is 27.8 Å². The Labute approximate surface area is 104 Å². The summed E-state index contributed by atoms with van der Waals surface area (Å²) in [6.07, 6.45) is 2.20. The van der Waals surface area contributed by atoms with Gasteiger partial charge in [-0.15, -0.1) is 0 Å². The lowest BCUT2D eigenvalue weighted by molar-refractivity contribution is 1.13. The zero-order valence-corrected chi connectivity index (χ0v) is 11.0. The van der Waals surface area contributed by atoms with Gasteiger partial charge in [-0.25, -0.2) is 0 Å². The minimum Gasteiger partial charge on any atom is -0.0617 e. The number of hydrogen-bond acceptors (Lipinski definition) is 0. The third kappa shape index (κ3) is 2.41. The molecule has 0 amide bonds. The molecule has 0 fully saturated rings. The summed E-state index contributed by atoms with van der Waals surface area (Å²) in [5, 5.41) is 0. The van der Waals surface area contributed by atoms with Crippen LogP contribution in [0.15, 0.2) is 42.5 Å². The van der Waals surface area contributed by atoms with Crippen LogP contribution in [0.1, 0.15) is 30.5 Å². The normalized spacial score (nSPS) is 10.5. The summed E-state index contributed by atoms with van der Waals surface area (Å²) >= 11 is 0. The second kappa shape index (κ2) is 5.18. The molecule has 0 aliphatic rings. The molecule has 0 aliphatic heterocycles. The van der Waals surface area contributed by atoms with E-state index in [2.05, 4.69) is 63.2 Å². The van der Waals surface area contributed by atoms with Crippen molar-refractivity contribution in [2.75, 3.05) is 0 Å². The van der Waals surface area contributed by atoms with Crippen LogP contribution in [0, 0.1) is 6.92 Å². The van der Waals surface area contributed by atoms with Crippen LogP contribution < -0.4 is 0 Å². The Morgan fingerprint density at radius 2 is 1.53 bits per heavy atom. The highest BCUT2D eigenvalue weighted by molar-refractivity contribution is 5.71. The topological polar surface area (TPSA) is 0 Å². The van der Waals surface area contributed by atoms with Gasteiger partial charge < -0.3 is 0 Å². The van der Waals surface area contributed by atoms with Crippen molar-refractivity contribution in [3.63, 3.8) is 0 Å². The van der Waals surface area contributed by atoms with Gasteiger partial charge in [0.25, 0.3) is 0 Å². The van der Waals surface area contributed by atoms with Crippen LogP contribution in [-0.4, -0.2) is 0 Å². The average molecular weight is 224 g/mol. The molecule has 0 bridgehead atoms. The second-order valence-electron chi connectivity index (χ2n) is 4.51. The summed E-state index contributed by atoms with van der Waals surface area (Å²) in [5.41, 5.74) is 6.97. The average Bonchev–Trinajstić information content (AvgIpc) is 2.38. The largest absolute Gasteiger partial charge is 0.0617 e. The monoisotopic (exact) mass is 224 g/mol. The van der Waals surface area contributed by atoms with Gasteiger partial charge in [-0.2, -0.15) is 0 Å². The highest BCUT2D eigenvalue weighted by atomic mass is 14.1. The van der Waals surface area contributed by atoms with Gasteiger partial charge in [0.2, 0.25) is 0 Å². The summed E-state index contributed by atoms with van der Waals surface area (Å²) < 4.78 is 0. The molecule has 17 heavy (non-hydrogen) atoms. The first-order valence-electron chi connectivity index (χ1n) is 6.44. The number of benzene rings is 2. The molecule has 88 valence electrons. The Kier molecular flexibility index (Phi) is 3.63. The lowest BCUT2D eigenvalue weighted by Gasteiger charge is -2.12. The minimum atomic E-state index is 1.09. The van der Waals surface area contributed by atoms with E-state index < -0.39 is 0 Å². The van der Waals surface area contributed by atoms with E-state index in [9.17, 15) is 0 Å². The van der Waals surface area contributed by atoms with Crippen LogP contribution in [0.2, 0.25) is 0 Å². The molecule has 0 saturated carbocycles. The van der Waals surface area contributed by atoms with Gasteiger partial charge in [0, 0.05) is 0 Å². The first-order chi connectivity index (χ1) is 8.26. The molecule has 0 saturated heterocycles. The fourth-order valence-electron chi connectivity index (χ4n) is 2.34. The standard InChI is InChI=1S/C17H20/c1-4-14-9-11-16(12-10-14)17-13(3)7-6-8-15(17)5-2/h6-12H,4-5H2,1-3H3. The van der Waals surface area contributed by atoms with Crippen LogP contribution >= 0.6 is 0 Å². The molecule has 0 atom stereocenters. The molecule has 0 radical (unpaired) electrons. The van der Waals surface area contributed by atoms with Crippen molar-refractivity contribution in [3.05, 3.63) is 59.2 Å². The predicted molar refractivity (Wildman–Crippen MR) is 75.4 cm³/mol. The zero-order valence-electron chi connectivity index (χ0n) is 11.0. The highest BCUT2D eigenvalue weighted by Gasteiger charge is 2.06. The van der Waals surface area contributed by atoms with Gasteiger partial charge in [0.1, 0.15) is 0 Å². The van der Waals surface area contributed by atoms with Gasteiger partial charge in [-0.3, -0.25) is 0 Å². The summed E-state index contributed by atoms with van der Waals surface area (Å²) in [4.78, 5) is 0. The van der Waals surface area contributed by atoms with Crippen LogP contribution in [0.4, 0.5) is 0 Å². The van der Waals surface area contributed by atoms with Crippen molar-refractivity contribution in [2.24, 2.45) is 0 Å². The predicted octanol–water partition coefficient (Wildman–Crippen LogP) is 4.79. The molecule has 2 aromatic rings. The van der Waals surface area contributed by atoms with E-state index in [4.69, 9.17) is 0 Å². The molecule has 0 spiro atoms. The summed E-state index contributed by atoms with van der Waals surface area (Å²) in [5.74, 6) is 0. The van der Waals surface area contributed by atoms with Gasteiger partial charge in [-0.1, -0.05) is 56.3 Å². The van der Waals surface area contributed by atoms with E-state index in [1.54, 1.807) is 0 Å². The molecule has 2 aromatic carbocycles. The molecule has 0 N–H and O–H groups in total. The van der Waals surface area contributed by atoms with Crippen molar-refractivity contribution in [2.45, 2.75) is 33.6 Å². The van der Waals surface area contributed by atoms with Crippen LogP contribution in [0.25, 0.3) is 11.1 Å². The smallest absolute Gasteiger partial charge is 0.0123 e. The quantitative estimate of drug-likeness (QED) is 0.703. The molecule has 0 unspecified atom stereocenters. The Morgan fingerprint density at radius 1 is 0.824 bits per heavy atom. The number of rotatable bonds is 3. The molecular formula is C17H20. The molecule has 0 nitrogen and oxygen atoms in total. The third-order valence-corrected chi connectivity index (χ3v) is 3.39.